The van der Waals surface area contributed by atoms with Crippen molar-refractivity contribution in [2.45, 2.75) is 19.4 Å². The van der Waals surface area contributed by atoms with Crippen molar-refractivity contribution >= 4 is 27.9 Å². The van der Waals surface area contributed by atoms with Gasteiger partial charge in [-0.25, -0.2) is 4.98 Å². The van der Waals surface area contributed by atoms with Gasteiger partial charge in [-0.3, -0.25) is 15.7 Å². The minimum atomic E-state index is -0.00157. The lowest BCUT2D eigenvalue weighted by Gasteiger charge is -2.18. The Labute approximate surface area is 126 Å². The average molecular weight is 307 g/mol. The summed E-state index contributed by atoms with van der Waals surface area (Å²) in [6.45, 7) is 2.01. The van der Waals surface area contributed by atoms with Gasteiger partial charge in [0.2, 0.25) is 0 Å². The van der Waals surface area contributed by atoms with E-state index >= 15 is 0 Å². The maximum atomic E-state index is 6.18. The van der Waals surface area contributed by atoms with Gasteiger partial charge in [-0.1, -0.05) is 23.7 Å². The lowest BCUT2D eigenvalue weighted by atomic mass is 9.98. The van der Waals surface area contributed by atoms with E-state index in [-0.39, 0.29) is 6.04 Å². The summed E-state index contributed by atoms with van der Waals surface area (Å²) < 4.78 is 2.03. The second kappa shape index (κ2) is 5.54. The Morgan fingerprint density at radius 1 is 1.50 bits per heavy atom. The molecule has 0 amide bonds. The monoisotopic (exact) mass is 306 g/mol. The standard InChI is InChI=1S/C14H15ClN4S/c1-9-11(3-2-4-12(9)15)13(18-16)7-10-8-19-5-6-20-14(19)17-10/h2-6,8,13,18H,7,16H2,1H3. The van der Waals surface area contributed by atoms with Crippen molar-refractivity contribution in [1.82, 2.24) is 14.8 Å². The normalized spacial score (nSPS) is 12.9. The zero-order valence-electron chi connectivity index (χ0n) is 11.0. The number of nitrogens with zero attached hydrogens (tertiary/aromatic N) is 2. The van der Waals surface area contributed by atoms with Crippen LogP contribution in [0.4, 0.5) is 0 Å². The van der Waals surface area contributed by atoms with Crippen molar-refractivity contribution in [2.75, 3.05) is 0 Å². The van der Waals surface area contributed by atoms with Gasteiger partial charge >= 0.3 is 0 Å². The highest BCUT2D eigenvalue weighted by Gasteiger charge is 2.16. The van der Waals surface area contributed by atoms with Gasteiger partial charge in [-0.05, 0) is 24.1 Å². The average Bonchev–Trinajstić information content (AvgIpc) is 3.00. The molecule has 0 bridgehead atoms. The molecule has 6 heteroatoms. The predicted molar refractivity (Wildman–Crippen MR) is 83.0 cm³/mol. The summed E-state index contributed by atoms with van der Waals surface area (Å²) in [5.41, 5.74) is 6.04. The highest BCUT2D eigenvalue weighted by molar-refractivity contribution is 7.15. The minimum Gasteiger partial charge on any atom is -0.297 e. The molecular formula is C14H15ClN4S. The number of rotatable bonds is 4. The molecule has 0 saturated heterocycles. The fourth-order valence-corrected chi connectivity index (χ4v) is 3.24. The van der Waals surface area contributed by atoms with Crippen LogP contribution in [0.3, 0.4) is 0 Å². The third-order valence-electron chi connectivity index (χ3n) is 3.44. The first-order valence-corrected chi connectivity index (χ1v) is 7.57. The number of halogens is 1. The molecule has 2 heterocycles. The molecule has 1 atom stereocenters. The third-order valence-corrected chi connectivity index (χ3v) is 4.62. The van der Waals surface area contributed by atoms with E-state index in [0.717, 1.165) is 33.2 Å². The van der Waals surface area contributed by atoms with E-state index < -0.39 is 0 Å². The van der Waals surface area contributed by atoms with Crippen LogP contribution in [0.1, 0.15) is 22.9 Å². The molecule has 20 heavy (non-hydrogen) atoms. The summed E-state index contributed by atoms with van der Waals surface area (Å²) in [6, 6.07) is 5.88. The summed E-state index contributed by atoms with van der Waals surface area (Å²) in [5.74, 6) is 5.72. The highest BCUT2D eigenvalue weighted by atomic mass is 35.5. The van der Waals surface area contributed by atoms with Gasteiger partial charge in [0.1, 0.15) is 0 Å². The van der Waals surface area contributed by atoms with Crippen molar-refractivity contribution in [3.05, 3.63) is 57.8 Å². The summed E-state index contributed by atoms with van der Waals surface area (Å²) in [5, 5.41) is 2.78. The molecule has 104 valence electrons. The van der Waals surface area contributed by atoms with E-state index in [1.165, 1.54) is 0 Å². The molecule has 0 aliphatic rings. The van der Waals surface area contributed by atoms with Crippen LogP contribution in [0.5, 0.6) is 0 Å². The molecule has 1 aromatic carbocycles. The third kappa shape index (κ3) is 2.45. The fraction of sp³-hybridized carbons (Fsp3) is 0.214. The lowest BCUT2D eigenvalue weighted by molar-refractivity contribution is 0.544. The second-order valence-corrected chi connectivity index (χ2v) is 5.98. The van der Waals surface area contributed by atoms with Crippen LogP contribution < -0.4 is 11.3 Å². The smallest absolute Gasteiger partial charge is 0.193 e. The molecule has 1 unspecified atom stereocenters. The van der Waals surface area contributed by atoms with E-state index in [9.17, 15) is 0 Å². The zero-order valence-corrected chi connectivity index (χ0v) is 12.6. The molecular weight excluding hydrogens is 292 g/mol. The van der Waals surface area contributed by atoms with Crippen molar-refractivity contribution in [3.63, 3.8) is 0 Å². The van der Waals surface area contributed by atoms with Crippen molar-refractivity contribution in [1.29, 1.82) is 0 Å². The Morgan fingerprint density at radius 3 is 3.10 bits per heavy atom. The molecule has 0 saturated carbocycles. The molecule has 0 aliphatic heterocycles. The second-order valence-electron chi connectivity index (χ2n) is 4.70. The molecule has 0 spiro atoms. The SMILES string of the molecule is Cc1c(Cl)cccc1C(Cc1cn2ccsc2n1)NN. The van der Waals surface area contributed by atoms with E-state index in [2.05, 4.69) is 10.4 Å². The molecule has 3 rings (SSSR count). The van der Waals surface area contributed by atoms with Gasteiger partial charge in [-0.15, -0.1) is 11.3 Å². The quantitative estimate of drug-likeness (QED) is 0.575. The van der Waals surface area contributed by atoms with Gasteiger partial charge in [-0.2, -0.15) is 0 Å². The number of aromatic nitrogens is 2. The van der Waals surface area contributed by atoms with Gasteiger partial charge in [0.05, 0.1) is 11.7 Å². The molecule has 0 aliphatic carbocycles. The summed E-state index contributed by atoms with van der Waals surface area (Å²) in [7, 11) is 0. The van der Waals surface area contributed by atoms with Crippen LogP contribution in [-0.2, 0) is 6.42 Å². The van der Waals surface area contributed by atoms with E-state index in [1.807, 2.05) is 47.3 Å². The summed E-state index contributed by atoms with van der Waals surface area (Å²) >= 11 is 7.80. The first-order chi connectivity index (χ1) is 9.69. The Bertz CT molecular complexity index is 705. The number of hydrazine groups is 1. The number of hydrogen-bond acceptors (Lipinski definition) is 4. The number of fused-ring (bicyclic) bond motifs is 1. The number of thiazole rings is 1. The summed E-state index contributed by atoms with van der Waals surface area (Å²) in [4.78, 5) is 5.59. The topological polar surface area (TPSA) is 55.3 Å². The number of imidazole rings is 1. The maximum Gasteiger partial charge on any atom is 0.193 e. The van der Waals surface area contributed by atoms with Crippen LogP contribution in [-0.4, -0.2) is 9.38 Å². The van der Waals surface area contributed by atoms with Crippen molar-refractivity contribution in [3.8, 4) is 0 Å². The first kappa shape index (κ1) is 13.6. The number of benzene rings is 1. The molecule has 0 fully saturated rings. The van der Waals surface area contributed by atoms with Crippen LogP contribution in [0.15, 0.2) is 36.0 Å². The number of nitrogens with two attached hydrogens (primary N) is 1. The van der Waals surface area contributed by atoms with Gasteiger partial charge in [0.25, 0.3) is 0 Å². The van der Waals surface area contributed by atoms with Gasteiger partial charge in [0, 0.05) is 29.2 Å². The van der Waals surface area contributed by atoms with Crippen LogP contribution >= 0.6 is 22.9 Å². The fourth-order valence-electron chi connectivity index (χ4n) is 2.34. The van der Waals surface area contributed by atoms with Crippen LogP contribution in [0.2, 0.25) is 5.02 Å². The Kier molecular flexibility index (Phi) is 3.76. The number of nitrogens with one attached hydrogen (secondary N) is 1. The minimum absolute atomic E-state index is 0.00157. The molecule has 2 aromatic heterocycles. The van der Waals surface area contributed by atoms with Crippen molar-refractivity contribution in [2.24, 2.45) is 5.84 Å². The van der Waals surface area contributed by atoms with E-state index in [4.69, 9.17) is 17.4 Å². The number of hydrogen-bond donors (Lipinski definition) is 2. The maximum absolute atomic E-state index is 6.18. The van der Waals surface area contributed by atoms with Crippen molar-refractivity contribution < 1.29 is 0 Å². The summed E-state index contributed by atoms with van der Waals surface area (Å²) in [6.07, 6.45) is 4.77. The molecule has 3 N–H and O–H groups in total. The van der Waals surface area contributed by atoms with Gasteiger partial charge in [0.15, 0.2) is 4.96 Å². The first-order valence-electron chi connectivity index (χ1n) is 6.31. The zero-order chi connectivity index (χ0) is 14.1. The van der Waals surface area contributed by atoms with Crippen LogP contribution in [0.25, 0.3) is 4.96 Å². The van der Waals surface area contributed by atoms with E-state index in [1.54, 1.807) is 11.3 Å². The molecule has 4 nitrogen and oxygen atoms in total. The lowest BCUT2D eigenvalue weighted by Crippen LogP contribution is -2.30. The Morgan fingerprint density at radius 2 is 2.35 bits per heavy atom. The van der Waals surface area contributed by atoms with E-state index in [0.29, 0.717) is 0 Å². The van der Waals surface area contributed by atoms with Gasteiger partial charge < -0.3 is 0 Å². The molecule has 0 radical (unpaired) electrons. The predicted octanol–water partition coefficient (Wildman–Crippen LogP) is 3.10. The molecule has 3 aromatic rings. The largest absolute Gasteiger partial charge is 0.297 e. The highest BCUT2D eigenvalue weighted by Crippen LogP contribution is 2.26. The Hall–Kier alpha value is -1.40. The Balaban J connectivity index is 1.90. The van der Waals surface area contributed by atoms with Crippen LogP contribution in [0, 0.1) is 6.92 Å².